The van der Waals surface area contributed by atoms with E-state index in [4.69, 9.17) is 0 Å². The first-order valence-corrected chi connectivity index (χ1v) is 8.64. The smallest absolute Gasteiger partial charge is 0.238 e. The van der Waals surface area contributed by atoms with Crippen molar-refractivity contribution in [1.29, 1.82) is 0 Å². The van der Waals surface area contributed by atoms with E-state index in [-0.39, 0.29) is 5.91 Å². The van der Waals surface area contributed by atoms with Gasteiger partial charge in [0.15, 0.2) is 0 Å². The van der Waals surface area contributed by atoms with Crippen molar-refractivity contribution < 1.29 is 4.79 Å². The summed E-state index contributed by atoms with van der Waals surface area (Å²) in [5, 5.41) is 6.53. The number of hydrogen-bond donors (Lipinski definition) is 2. The lowest BCUT2D eigenvalue weighted by Gasteiger charge is -2.32. The van der Waals surface area contributed by atoms with E-state index >= 15 is 0 Å². The predicted octanol–water partition coefficient (Wildman–Crippen LogP) is 2.69. The zero-order valence-electron chi connectivity index (χ0n) is 12.7. The van der Waals surface area contributed by atoms with Gasteiger partial charge in [-0.3, -0.25) is 9.69 Å². The largest absolute Gasteiger partial charge is 0.325 e. The highest BCUT2D eigenvalue weighted by Gasteiger charge is 2.20. The highest BCUT2D eigenvalue weighted by atomic mass is 127. The third-order valence-electron chi connectivity index (χ3n) is 3.65. The Labute approximate surface area is 140 Å². The molecule has 1 aliphatic heterocycles. The van der Waals surface area contributed by atoms with E-state index in [1.54, 1.807) is 0 Å². The van der Waals surface area contributed by atoms with Crippen LogP contribution in [0.25, 0.3) is 0 Å². The first-order chi connectivity index (χ1) is 10.0. The van der Waals surface area contributed by atoms with Crippen LogP contribution >= 0.6 is 22.6 Å². The number of carbonyl (C=O) groups is 1. The van der Waals surface area contributed by atoms with Crippen LogP contribution in [0.5, 0.6) is 0 Å². The van der Waals surface area contributed by atoms with Crippen molar-refractivity contribution in [2.45, 2.75) is 38.8 Å². The Balaban J connectivity index is 1.73. The van der Waals surface area contributed by atoms with Crippen LogP contribution in [0.3, 0.4) is 0 Å². The summed E-state index contributed by atoms with van der Waals surface area (Å²) in [5.41, 5.74) is 0.872. The molecule has 0 saturated carbocycles. The number of anilines is 1. The van der Waals surface area contributed by atoms with E-state index in [1.165, 1.54) is 3.57 Å². The standard InChI is InChI=1S/C16H24IN3O/c1-12(2)18-15-7-9-20(10-8-15)11-16(21)19-14-5-3-13(17)4-6-14/h3-6,12,15,18H,7-11H2,1-2H3,(H,19,21). The Hall–Kier alpha value is -0.660. The van der Waals surface area contributed by atoms with E-state index in [1.807, 2.05) is 24.3 Å². The molecule has 5 heteroatoms. The minimum absolute atomic E-state index is 0.0754. The molecule has 2 N–H and O–H groups in total. The minimum Gasteiger partial charge on any atom is -0.325 e. The number of benzene rings is 1. The number of carbonyl (C=O) groups excluding carboxylic acids is 1. The first-order valence-electron chi connectivity index (χ1n) is 7.57. The van der Waals surface area contributed by atoms with E-state index < -0.39 is 0 Å². The second kappa shape index (κ2) is 8.10. The van der Waals surface area contributed by atoms with Crippen molar-refractivity contribution in [3.8, 4) is 0 Å². The molecule has 0 bridgehead atoms. The molecular weight excluding hydrogens is 377 g/mol. The molecule has 1 heterocycles. The van der Waals surface area contributed by atoms with Crippen molar-refractivity contribution in [2.24, 2.45) is 0 Å². The van der Waals surface area contributed by atoms with Crippen LogP contribution in [-0.4, -0.2) is 42.5 Å². The number of piperidine rings is 1. The summed E-state index contributed by atoms with van der Waals surface area (Å²) >= 11 is 2.26. The highest BCUT2D eigenvalue weighted by Crippen LogP contribution is 2.13. The van der Waals surface area contributed by atoms with Gasteiger partial charge in [-0.15, -0.1) is 0 Å². The van der Waals surface area contributed by atoms with Gasteiger partial charge in [-0.2, -0.15) is 0 Å². The Morgan fingerprint density at radius 3 is 2.48 bits per heavy atom. The lowest BCUT2D eigenvalue weighted by Crippen LogP contribution is -2.46. The monoisotopic (exact) mass is 401 g/mol. The normalized spacial score (nSPS) is 17.1. The van der Waals surface area contributed by atoms with Crippen molar-refractivity contribution >= 4 is 34.2 Å². The zero-order valence-corrected chi connectivity index (χ0v) is 14.9. The average Bonchev–Trinajstić information content (AvgIpc) is 2.43. The summed E-state index contributed by atoms with van der Waals surface area (Å²) in [6, 6.07) is 9.02. The Morgan fingerprint density at radius 1 is 1.29 bits per heavy atom. The fourth-order valence-corrected chi connectivity index (χ4v) is 3.03. The molecule has 1 aromatic rings. The topological polar surface area (TPSA) is 44.4 Å². The molecule has 1 amide bonds. The Bertz CT molecular complexity index is 453. The maximum absolute atomic E-state index is 12.1. The molecular formula is C16H24IN3O. The summed E-state index contributed by atoms with van der Waals surface area (Å²) in [6.45, 7) is 6.83. The minimum atomic E-state index is 0.0754. The zero-order chi connectivity index (χ0) is 15.2. The molecule has 0 unspecified atom stereocenters. The molecule has 0 aromatic heterocycles. The fraction of sp³-hybridized carbons (Fsp3) is 0.562. The van der Waals surface area contributed by atoms with Crippen molar-refractivity contribution in [1.82, 2.24) is 10.2 Å². The van der Waals surface area contributed by atoms with Crippen LogP contribution in [0.4, 0.5) is 5.69 Å². The van der Waals surface area contributed by atoms with Crippen LogP contribution in [0.2, 0.25) is 0 Å². The molecule has 4 nitrogen and oxygen atoms in total. The fourth-order valence-electron chi connectivity index (χ4n) is 2.67. The Kier molecular flexibility index (Phi) is 6.44. The van der Waals surface area contributed by atoms with E-state index in [0.717, 1.165) is 31.6 Å². The molecule has 0 radical (unpaired) electrons. The highest BCUT2D eigenvalue weighted by molar-refractivity contribution is 14.1. The van der Waals surface area contributed by atoms with Crippen molar-refractivity contribution in [3.63, 3.8) is 0 Å². The second-order valence-corrected chi connectivity index (χ2v) is 7.17. The van der Waals surface area contributed by atoms with Gasteiger partial charge in [0.2, 0.25) is 5.91 Å². The van der Waals surface area contributed by atoms with E-state index in [2.05, 4.69) is 52.0 Å². The molecule has 0 spiro atoms. The van der Waals surface area contributed by atoms with E-state index in [9.17, 15) is 4.79 Å². The molecule has 0 aliphatic carbocycles. The van der Waals surface area contributed by atoms with Gasteiger partial charge in [0, 0.05) is 34.4 Å². The van der Waals surface area contributed by atoms with Gasteiger partial charge >= 0.3 is 0 Å². The van der Waals surface area contributed by atoms with Gasteiger partial charge in [-0.25, -0.2) is 0 Å². The molecule has 1 fully saturated rings. The molecule has 1 saturated heterocycles. The number of likely N-dealkylation sites (tertiary alicyclic amines) is 1. The molecule has 1 aliphatic rings. The lowest BCUT2D eigenvalue weighted by molar-refractivity contribution is -0.117. The number of amides is 1. The molecule has 1 aromatic carbocycles. The van der Waals surface area contributed by atoms with Gasteiger partial charge in [-0.1, -0.05) is 13.8 Å². The average molecular weight is 401 g/mol. The summed E-state index contributed by atoms with van der Waals surface area (Å²) in [6.07, 6.45) is 2.24. The van der Waals surface area contributed by atoms with Crippen molar-refractivity contribution in [2.75, 3.05) is 25.0 Å². The third-order valence-corrected chi connectivity index (χ3v) is 4.37. The molecule has 21 heavy (non-hydrogen) atoms. The molecule has 116 valence electrons. The summed E-state index contributed by atoms with van der Waals surface area (Å²) in [7, 11) is 0. The van der Waals surface area contributed by atoms with Gasteiger partial charge in [-0.05, 0) is 59.7 Å². The van der Waals surface area contributed by atoms with Gasteiger partial charge in [0.25, 0.3) is 0 Å². The van der Waals surface area contributed by atoms with Crippen LogP contribution < -0.4 is 10.6 Å². The third kappa shape index (κ3) is 5.92. The first kappa shape index (κ1) is 16.7. The van der Waals surface area contributed by atoms with Crippen molar-refractivity contribution in [3.05, 3.63) is 27.8 Å². The number of rotatable bonds is 5. The lowest BCUT2D eigenvalue weighted by atomic mass is 10.0. The number of nitrogens with zero attached hydrogens (tertiary/aromatic N) is 1. The van der Waals surface area contributed by atoms with Crippen LogP contribution in [0.15, 0.2) is 24.3 Å². The quantitative estimate of drug-likeness (QED) is 0.746. The predicted molar refractivity (Wildman–Crippen MR) is 95.5 cm³/mol. The maximum Gasteiger partial charge on any atom is 0.238 e. The van der Waals surface area contributed by atoms with E-state index in [0.29, 0.717) is 18.6 Å². The number of halogens is 1. The summed E-state index contributed by atoms with van der Waals surface area (Å²) in [4.78, 5) is 14.3. The second-order valence-electron chi connectivity index (χ2n) is 5.93. The van der Waals surface area contributed by atoms with Gasteiger partial charge < -0.3 is 10.6 Å². The van der Waals surface area contributed by atoms with Gasteiger partial charge in [0.1, 0.15) is 0 Å². The summed E-state index contributed by atoms with van der Waals surface area (Å²) in [5.74, 6) is 0.0754. The maximum atomic E-state index is 12.1. The summed E-state index contributed by atoms with van der Waals surface area (Å²) < 4.78 is 1.17. The number of nitrogens with one attached hydrogen (secondary N) is 2. The number of hydrogen-bond acceptors (Lipinski definition) is 3. The molecule has 0 atom stereocenters. The molecule has 2 rings (SSSR count). The van der Waals surface area contributed by atoms with Crippen LogP contribution in [0, 0.1) is 3.57 Å². The van der Waals surface area contributed by atoms with Crippen LogP contribution in [0.1, 0.15) is 26.7 Å². The SMILES string of the molecule is CC(C)NC1CCN(CC(=O)Nc2ccc(I)cc2)CC1. The Morgan fingerprint density at radius 2 is 1.90 bits per heavy atom. The van der Waals surface area contributed by atoms with Crippen LogP contribution in [-0.2, 0) is 4.79 Å². The van der Waals surface area contributed by atoms with Gasteiger partial charge in [0.05, 0.1) is 6.54 Å².